The van der Waals surface area contributed by atoms with E-state index < -0.39 is 0 Å². The second-order valence-electron chi connectivity index (χ2n) is 6.77. The number of hydrogen-bond donors (Lipinski definition) is 1. The Morgan fingerprint density at radius 1 is 1.17 bits per heavy atom. The van der Waals surface area contributed by atoms with Gasteiger partial charge in [0, 0.05) is 23.4 Å². The van der Waals surface area contributed by atoms with Crippen LogP contribution in [0.25, 0.3) is 20.7 Å². The summed E-state index contributed by atoms with van der Waals surface area (Å²) in [6, 6.07) is 10.4. The Hall–Kier alpha value is -2.07. The van der Waals surface area contributed by atoms with E-state index in [9.17, 15) is 0 Å². The molecule has 1 aliphatic heterocycles. The van der Waals surface area contributed by atoms with Crippen LogP contribution in [0.4, 0.5) is 5.13 Å². The fourth-order valence-corrected chi connectivity index (χ4v) is 6.44. The molecule has 4 heterocycles. The molecule has 5 rings (SSSR count). The monoisotopic (exact) mass is 441 g/mol. The first-order valence-corrected chi connectivity index (χ1v) is 11.9. The van der Waals surface area contributed by atoms with Crippen molar-refractivity contribution in [3.63, 3.8) is 0 Å². The van der Waals surface area contributed by atoms with Crippen LogP contribution in [0.3, 0.4) is 0 Å². The summed E-state index contributed by atoms with van der Waals surface area (Å²) in [6.45, 7) is 3.78. The Morgan fingerprint density at radius 2 is 2.07 bits per heavy atom. The highest BCUT2D eigenvalue weighted by Crippen LogP contribution is 2.42. The number of aryl methyl sites for hydroxylation is 1. The molecule has 6 nitrogen and oxygen atoms in total. The van der Waals surface area contributed by atoms with Gasteiger partial charge >= 0.3 is 0 Å². The molecule has 0 unspecified atom stereocenters. The minimum atomic E-state index is 0.279. The number of nitrogens with one attached hydrogen (secondary N) is 1. The molecule has 0 amide bonds. The molecule has 0 radical (unpaired) electrons. The first kappa shape index (κ1) is 18.9. The average Bonchev–Trinajstić information content (AvgIpc) is 3.48. The van der Waals surface area contributed by atoms with Gasteiger partial charge < -0.3 is 10.1 Å². The summed E-state index contributed by atoms with van der Waals surface area (Å²) in [5, 5.41) is 14.8. The van der Waals surface area contributed by atoms with Crippen LogP contribution in [0.5, 0.6) is 0 Å². The van der Waals surface area contributed by atoms with Crippen molar-refractivity contribution in [3.05, 3.63) is 42.2 Å². The van der Waals surface area contributed by atoms with Gasteiger partial charge in [0.2, 0.25) is 5.13 Å². The summed E-state index contributed by atoms with van der Waals surface area (Å²) in [7, 11) is 0. The number of nitrogens with zero attached hydrogens (tertiary/aromatic N) is 4. The number of anilines is 1. The maximum Gasteiger partial charge on any atom is 0.206 e. The van der Waals surface area contributed by atoms with Gasteiger partial charge in [-0.3, -0.25) is 0 Å². The van der Waals surface area contributed by atoms with E-state index >= 15 is 0 Å². The molecular formula is C20H19N5OS3. The van der Waals surface area contributed by atoms with E-state index in [0.29, 0.717) is 0 Å². The molecule has 4 aromatic rings. The van der Waals surface area contributed by atoms with Gasteiger partial charge in [-0.05, 0) is 42.7 Å². The Kier molecular flexibility index (Phi) is 5.45. The first-order valence-electron chi connectivity index (χ1n) is 9.44. The molecule has 3 aromatic heterocycles. The zero-order valence-electron chi connectivity index (χ0n) is 15.8. The lowest BCUT2D eigenvalue weighted by Gasteiger charge is -2.08. The normalized spacial score (nSPS) is 16.5. The lowest BCUT2D eigenvalue weighted by atomic mass is 10.1. The van der Waals surface area contributed by atoms with Crippen molar-refractivity contribution in [2.75, 3.05) is 18.5 Å². The van der Waals surface area contributed by atoms with Crippen LogP contribution < -0.4 is 5.32 Å². The Balaban J connectivity index is 1.39. The highest BCUT2D eigenvalue weighted by Gasteiger charge is 2.19. The van der Waals surface area contributed by atoms with Crippen LogP contribution in [-0.2, 0) is 4.74 Å². The largest absolute Gasteiger partial charge is 0.376 e. The third-order valence-electron chi connectivity index (χ3n) is 4.82. The van der Waals surface area contributed by atoms with E-state index in [1.54, 1.807) is 40.8 Å². The van der Waals surface area contributed by atoms with Gasteiger partial charge in [0.1, 0.15) is 16.2 Å². The quantitative estimate of drug-likeness (QED) is 0.409. The van der Waals surface area contributed by atoms with Gasteiger partial charge in [-0.1, -0.05) is 41.7 Å². The standard InChI is InChI=1S/C20H19N5OS3/c1-12-15-17(27-16(12)13-6-3-2-4-7-13)22-11-23-18(15)28-20-25-24-19(29-20)21-10-14-8-5-9-26-14/h2-4,6-7,11,14H,5,8-10H2,1H3,(H,21,24)/t14-/m0/s1. The van der Waals surface area contributed by atoms with Crippen LogP contribution >= 0.6 is 34.4 Å². The molecule has 1 saturated heterocycles. The highest BCUT2D eigenvalue weighted by atomic mass is 32.2. The molecule has 148 valence electrons. The summed E-state index contributed by atoms with van der Waals surface area (Å²) >= 11 is 4.80. The minimum absolute atomic E-state index is 0.279. The smallest absolute Gasteiger partial charge is 0.206 e. The zero-order valence-corrected chi connectivity index (χ0v) is 18.2. The summed E-state index contributed by atoms with van der Waals surface area (Å²) in [5.74, 6) is 0. The number of benzene rings is 1. The Labute approximate surface area is 180 Å². The topological polar surface area (TPSA) is 72.8 Å². The number of hydrogen-bond acceptors (Lipinski definition) is 9. The number of aromatic nitrogens is 4. The van der Waals surface area contributed by atoms with E-state index in [-0.39, 0.29) is 6.10 Å². The van der Waals surface area contributed by atoms with Gasteiger partial charge in [0.25, 0.3) is 0 Å². The average molecular weight is 442 g/mol. The Morgan fingerprint density at radius 3 is 2.90 bits per heavy atom. The molecule has 1 atom stereocenters. The third-order valence-corrected chi connectivity index (χ3v) is 8.01. The van der Waals surface area contributed by atoms with E-state index in [1.165, 1.54) is 16.0 Å². The summed E-state index contributed by atoms with van der Waals surface area (Å²) in [6.07, 6.45) is 4.15. The van der Waals surface area contributed by atoms with Crippen LogP contribution in [0.2, 0.25) is 0 Å². The predicted octanol–water partition coefficient (Wildman–Crippen LogP) is 5.26. The van der Waals surface area contributed by atoms with Gasteiger partial charge in [-0.25, -0.2) is 9.97 Å². The molecule has 1 aliphatic rings. The minimum Gasteiger partial charge on any atom is -0.376 e. The molecule has 1 aromatic carbocycles. The van der Waals surface area contributed by atoms with E-state index in [4.69, 9.17) is 4.74 Å². The van der Waals surface area contributed by atoms with Crippen LogP contribution in [0, 0.1) is 6.92 Å². The van der Waals surface area contributed by atoms with Crippen molar-refractivity contribution < 1.29 is 4.74 Å². The fraction of sp³-hybridized carbons (Fsp3) is 0.300. The molecule has 0 aliphatic carbocycles. The number of rotatable bonds is 6. The van der Waals surface area contributed by atoms with Crippen molar-refractivity contribution in [1.29, 1.82) is 0 Å². The maximum atomic E-state index is 5.65. The molecule has 1 fully saturated rings. The van der Waals surface area contributed by atoms with E-state index in [0.717, 1.165) is 50.7 Å². The zero-order chi connectivity index (χ0) is 19.6. The van der Waals surface area contributed by atoms with Crippen LogP contribution in [0.15, 0.2) is 46.0 Å². The molecule has 1 N–H and O–H groups in total. The van der Waals surface area contributed by atoms with Crippen molar-refractivity contribution in [2.45, 2.75) is 35.2 Å². The van der Waals surface area contributed by atoms with Crippen molar-refractivity contribution in [2.24, 2.45) is 0 Å². The van der Waals surface area contributed by atoms with Crippen molar-refractivity contribution in [1.82, 2.24) is 20.2 Å². The number of thiophene rings is 1. The van der Waals surface area contributed by atoms with E-state index in [2.05, 4.69) is 56.7 Å². The van der Waals surface area contributed by atoms with Crippen LogP contribution in [-0.4, -0.2) is 39.4 Å². The second kappa shape index (κ2) is 8.35. The van der Waals surface area contributed by atoms with Gasteiger partial charge in [0.05, 0.1) is 6.10 Å². The van der Waals surface area contributed by atoms with Gasteiger partial charge in [0.15, 0.2) is 4.34 Å². The maximum absolute atomic E-state index is 5.65. The van der Waals surface area contributed by atoms with Crippen LogP contribution in [0.1, 0.15) is 18.4 Å². The lowest BCUT2D eigenvalue weighted by molar-refractivity contribution is 0.120. The molecule has 0 spiro atoms. The summed E-state index contributed by atoms with van der Waals surface area (Å²) < 4.78 is 6.52. The third kappa shape index (κ3) is 4.00. The number of fused-ring (bicyclic) bond motifs is 1. The van der Waals surface area contributed by atoms with Gasteiger partial charge in [-0.2, -0.15) is 0 Å². The van der Waals surface area contributed by atoms with E-state index in [1.807, 2.05) is 6.07 Å². The first-order chi connectivity index (χ1) is 14.3. The molecule has 0 saturated carbocycles. The lowest BCUT2D eigenvalue weighted by Crippen LogP contribution is -2.18. The molecule has 9 heteroatoms. The van der Waals surface area contributed by atoms with Crippen molar-refractivity contribution >= 4 is 49.8 Å². The summed E-state index contributed by atoms with van der Waals surface area (Å²) in [5.41, 5.74) is 2.42. The fourth-order valence-electron chi connectivity index (χ4n) is 3.39. The SMILES string of the molecule is Cc1c(-c2ccccc2)sc2ncnc(Sc3nnc(NC[C@@H]4CCCO4)s3)c12. The second-order valence-corrected chi connectivity index (χ2v) is 9.98. The van der Waals surface area contributed by atoms with Gasteiger partial charge in [-0.15, -0.1) is 21.5 Å². The molecule has 29 heavy (non-hydrogen) atoms. The highest BCUT2D eigenvalue weighted by molar-refractivity contribution is 8.01. The number of ether oxygens (including phenoxy) is 1. The molecular weight excluding hydrogens is 422 g/mol. The predicted molar refractivity (Wildman–Crippen MR) is 119 cm³/mol. The van der Waals surface area contributed by atoms with Crippen molar-refractivity contribution in [3.8, 4) is 10.4 Å². The Bertz CT molecular complexity index is 1120. The molecule has 0 bridgehead atoms. The summed E-state index contributed by atoms with van der Waals surface area (Å²) in [4.78, 5) is 11.3.